The molecule has 3 aromatic rings. The maximum absolute atomic E-state index is 12.7. The van der Waals surface area contributed by atoms with E-state index in [1.54, 1.807) is 6.07 Å². The number of thiophene rings is 1. The third-order valence-corrected chi connectivity index (χ3v) is 6.41. The van der Waals surface area contributed by atoms with E-state index in [9.17, 15) is 4.79 Å². The molecule has 0 radical (unpaired) electrons. The number of nitrogen functional groups attached to an aromatic ring is 1. The van der Waals surface area contributed by atoms with Crippen molar-refractivity contribution in [2.24, 2.45) is 0 Å². The van der Waals surface area contributed by atoms with Gasteiger partial charge in [-0.25, -0.2) is 4.98 Å². The molecule has 0 saturated carbocycles. The Bertz CT molecular complexity index is 960. The highest BCUT2D eigenvalue weighted by Gasteiger charge is 2.30. The van der Waals surface area contributed by atoms with Crippen molar-refractivity contribution < 1.29 is 4.79 Å². The number of nitrogens with two attached hydrogens (primary N) is 1. The summed E-state index contributed by atoms with van der Waals surface area (Å²) < 4.78 is 0. The van der Waals surface area contributed by atoms with Crippen molar-refractivity contribution in [3.05, 3.63) is 45.8 Å². The van der Waals surface area contributed by atoms with Crippen molar-refractivity contribution >= 4 is 34.0 Å². The average Bonchev–Trinajstić information content (AvgIpc) is 3.27. The molecule has 0 bridgehead atoms. The van der Waals surface area contributed by atoms with Crippen LogP contribution in [0.4, 0.5) is 5.82 Å². The number of nitrogens with zero attached hydrogens (tertiary/aromatic N) is 2. The van der Waals surface area contributed by atoms with Crippen molar-refractivity contribution in [2.75, 3.05) is 18.8 Å². The minimum Gasteiger partial charge on any atom is -0.385 e. The van der Waals surface area contributed by atoms with Crippen LogP contribution in [0.2, 0.25) is 0 Å². The number of carbonyl (C=O) groups excluding carboxylic acids is 1. The number of piperidine rings is 1. The summed E-state index contributed by atoms with van der Waals surface area (Å²) in [6, 6.07) is 7.44. The first-order valence-electron chi connectivity index (χ1n) is 9.46. The van der Waals surface area contributed by atoms with E-state index in [0.717, 1.165) is 42.5 Å². The van der Waals surface area contributed by atoms with E-state index < -0.39 is 0 Å². The highest BCUT2D eigenvalue weighted by atomic mass is 32.1. The molecule has 0 spiro atoms. The molecule has 3 N–H and O–H groups in total. The Morgan fingerprint density at radius 3 is 2.63 bits per heavy atom. The molecular formula is C21H26N4OS. The van der Waals surface area contributed by atoms with Gasteiger partial charge in [-0.15, -0.1) is 11.3 Å². The number of fused-ring (bicyclic) bond motifs is 1. The summed E-state index contributed by atoms with van der Waals surface area (Å²) in [6.45, 7) is 8.88. The number of rotatable bonds is 3. The molecule has 1 saturated heterocycles. The van der Waals surface area contributed by atoms with Gasteiger partial charge in [0.2, 0.25) is 5.78 Å². The largest absolute Gasteiger partial charge is 0.385 e. The predicted molar refractivity (Wildman–Crippen MR) is 112 cm³/mol. The van der Waals surface area contributed by atoms with Crippen LogP contribution in [0.25, 0.3) is 11.0 Å². The molecule has 142 valence electrons. The number of nitrogens with one attached hydrogen (secondary N) is 1. The molecule has 0 unspecified atom stereocenters. The number of aromatic amines is 1. The molecule has 1 aliphatic heterocycles. The molecule has 5 nitrogen and oxygen atoms in total. The number of hydrogen-bond donors (Lipinski definition) is 2. The van der Waals surface area contributed by atoms with Crippen molar-refractivity contribution in [3.8, 4) is 0 Å². The van der Waals surface area contributed by atoms with Gasteiger partial charge in [-0.1, -0.05) is 6.07 Å². The number of carbonyl (C=O) groups is 1. The maximum atomic E-state index is 12.7. The Hall–Kier alpha value is -2.18. The molecule has 1 fully saturated rings. The zero-order valence-electron chi connectivity index (χ0n) is 16.1. The molecule has 0 amide bonds. The van der Waals surface area contributed by atoms with E-state index in [1.165, 1.54) is 11.3 Å². The minimum atomic E-state index is -0.0276. The first-order valence-corrected chi connectivity index (χ1v) is 10.3. The molecule has 4 heterocycles. The topological polar surface area (TPSA) is 75.0 Å². The second-order valence-corrected chi connectivity index (χ2v) is 9.23. The lowest BCUT2D eigenvalue weighted by Crippen LogP contribution is -2.45. The van der Waals surface area contributed by atoms with Crippen LogP contribution in [-0.4, -0.2) is 39.3 Å². The monoisotopic (exact) mass is 382 g/mol. The van der Waals surface area contributed by atoms with Gasteiger partial charge in [0.05, 0.1) is 15.9 Å². The second-order valence-electron chi connectivity index (χ2n) is 8.28. The van der Waals surface area contributed by atoms with Gasteiger partial charge < -0.3 is 10.7 Å². The van der Waals surface area contributed by atoms with E-state index in [4.69, 9.17) is 10.7 Å². The van der Waals surface area contributed by atoms with Crippen molar-refractivity contribution in [2.45, 2.75) is 45.1 Å². The summed E-state index contributed by atoms with van der Waals surface area (Å²) >= 11 is 1.44. The van der Waals surface area contributed by atoms with Crippen LogP contribution in [-0.2, 0) is 0 Å². The molecule has 1 aliphatic rings. The molecule has 4 rings (SSSR count). The van der Waals surface area contributed by atoms with Crippen LogP contribution in [0.15, 0.2) is 29.6 Å². The van der Waals surface area contributed by atoms with Gasteiger partial charge in [0.25, 0.3) is 0 Å². The smallest absolute Gasteiger partial charge is 0.221 e. The number of hydrogen-bond acceptors (Lipinski definition) is 5. The Balaban J connectivity index is 1.66. The third kappa shape index (κ3) is 3.39. The van der Waals surface area contributed by atoms with Crippen molar-refractivity contribution in [1.29, 1.82) is 0 Å². The van der Waals surface area contributed by atoms with E-state index in [1.807, 2.05) is 23.6 Å². The average molecular weight is 383 g/mol. The van der Waals surface area contributed by atoms with Crippen LogP contribution in [0.1, 0.15) is 60.5 Å². The van der Waals surface area contributed by atoms with Crippen LogP contribution in [0.3, 0.4) is 0 Å². The molecule has 27 heavy (non-hydrogen) atoms. The Kier molecular flexibility index (Phi) is 4.56. The van der Waals surface area contributed by atoms with Crippen LogP contribution in [0.5, 0.6) is 0 Å². The molecular weight excluding hydrogens is 356 g/mol. The zero-order valence-corrected chi connectivity index (χ0v) is 16.9. The van der Waals surface area contributed by atoms with E-state index in [2.05, 4.69) is 30.7 Å². The normalized spacial score (nSPS) is 16.9. The molecule has 3 aromatic heterocycles. The highest BCUT2D eigenvalue weighted by molar-refractivity contribution is 7.12. The first kappa shape index (κ1) is 18.2. The Labute approximate surface area is 163 Å². The lowest BCUT2D eigenvalue weighted by Gasteiger charge is -2.40. The van der Waals surface area contributed by atoms with Gasteiger partial charge >= 0.3 is 0 Å². The van der Waals surface area contributed by atoms with Crippen molar-refractivity contribution in [1.82, 2.24) is 14.9 Å². The zero-order chi connectivity index (χ0) is 19.2. The van der Waals surface area contributed by atoms with Gasteiger partial charge in [0, 0.05) is 11.1 Å². The van der Waals surface area contributed by atoms with Gasteiger partial charge in [-0.05, 0) is 76.2 Å². The number of H-pyrrole nitrogens is 1. The summed E-state index contributed by atoms with van der Waals surface area (Å²) in [5, 5.41) is 1.91. The van der Waals surface area contributed by atoms with Gasteiger partial charge in [-0.3, -0.25) is 9.69 Å². The summed E-state index contributed by atoms with van der Waals surface area (Å²) in [6.07, 6.45) is 2.11. The lowest BCUT2D eigenvalue weighted by atomic mass is 9.87. The molecule has 0 aliphatic carbocycles. The molecule has 0 atom stereocenters. The first-order chi connectivity index (χ1) is 12.8. The van der Waals surface area contributed by atoms with E-state index in [-0.39, 0.29) is 11.3 Å². The number of anilines is 1. The number of aromatic nitrogens is 2. The number of ketones is 1. The SMILES string of the molecule is CC(C)(C)N1CCC(c2c(N)[nH]c3ccc(C(=O)c4cccs4)nc23)CC1. The quantitative estimate of drug-likeness (QED) is 0.658. The minimum absolute atomic E-state index is 0.0276. The second kappa shape index (κ2) is 6.77. The molecule has 0 aromatic carbocycles. The number of pyridine rings is 1. The summed E-state index contributed by atoms with van der Waals surface area (Å²) in [5.41, 5.74) is 9.85. The summed E-state index contributed by atoms with van der Waals surface area (Å²) in [4.78, 5) is 23.9. The fraction of sp³-hybridized carbons (Fsp3) is 0.429. The maximum Gasteiger partial charge on any atom is 0.221 e. The van der Waals surface area contributed by atoms with Crippen LogP contribution in [0, 0.1) is 0 Å². The highest BCUT2D eigenvalue weighted by Crippen LogP contribution is 2.37. The van der Waals surface area contributed by atoms with E-state index >= 15 is 0 Å². The van der Waals surface area contributed by atoms with Crippen LogP contribution >= 0.6 is 11.3 Å². The van der Waals surface area contributed by atoms with Gasteiger partial charge in [-0.2, -0.15) is 0 Å². The van der Waals surface area contributed by atoms with Gasteiger partial charge in [0.15, 0.2) is 0 Å². The fourth-order valence-corrected chi connectivity index (χ4v) is 4.69. The lowest BCUT2D eigenvalue weighted by molar-refractivity contribution is 0.102. The number of likely N-dealkylation sites (tertiary alicyclic amines) is 1. The summed E-state index contributed by atoms with van der Waals surface area (Å²) in [7, 11) is 0. The Morgan fingerprint density at radius 1 is 1.26 bits per heavy atom. The van der Waals surface area contributed by atoms with Crippen molar-refractivity contribution in [3.63, 3.8) is 0 Å². The van der Waals surface area contributed by atoms with Crippen LogP contribution < -0.4 is 5.73 Å². The summed E-state index contributed by atoms with van der Waals surface area (Å²) in [5.74, 6) is 1.03. The third-order valence-electron chi connectivity index (χ3n) is 5.54. The Morgan fingerprint density at radius 2 is 2.00 bits per heavy atom. The fourth-order valence-electron chi connectivity index (χ4n) is 4.02. The van der Waals surface area contributed by atoms with Gasteiger partial charge in [0.1, 0.15) is 11.5 Å². The van der Waals surface area contributed by atoms with E-state index in [0.29, 0.717) is 22.3 Å². The predicted octanol–water partition coefficient (Wildman–Crippen LogP) is 4.42. The standard InChI is InChI=1S/C21H26N4OS/c1-21(2,3)25-10-8-13(9-11-25)17-18-14(24-20(17)22)6-7-15(23-18)19(26)16-5-4-12-27-16/h4-7,12-13,24H,8-11,22H2,1-3H3. The molecule has 6 heteroatoms.